The lowest BCUT2D eigenvalue weighted by atomic mass is 9.89. The van der Waals surface area contributed by atoms with Crippen molar-refractivity contribution in [3.05, 3.63) is 35.4 Å². The van der Waals surface area contributed by atoms with Crippen LogP contribution in [0, 0.1) is 0 Å². The summed E-state index contributed by atoms with van der Waals surface area (Å²) in [6, 6.07) is 7.49. The minimum atomic E-state index is -1.18. The number of benzene rings is 1. The lowest BCUT2D eigenvalue weighted by Crippen LogP contribution is -2.52. The van der Waals surface area contributed by atoms with Crippen LogP contribution in [0.5, 0.6) is 0 Å². The van der Waals surface area contributed by atoms with Crippen LogP contribution in [-0.4, -0.2) is 28.4 Å². The molecule has 2 rings (SSSR count). The third-order valence-corrected chi connectivity index (χ3v) is 3.73. The second kappa shape index (κ2) is 4.44. The standard InChI is InChI=1S/C14H17NO3/c1-3-15(10(2)16)14(13(17)18)9-8-11-6-4-5-7-12(11)14/h4-7H,3,8-9H2,1-2H3,(H,17,18). The molecule has 0 aliphatic heterocycles. The van der Waals surface area contributed by atoms with Crippen LogP contribution in [0.1, 0.15) is 31.4 Å². The van der Waals surface area contributed by atoms with Gasteiger partial charge in [-0.15, -0.1) is 0 Å². The number of carbonyl (C=O) groups excluding carboxylic acids is 1. The van der Waals surface area contributed by atoms with Crippen molar-refractivity contribution in [2.45, 2.75) is 32.2 Å². The maximum absolute atomic E-state index is 11.8. The van der Waals surface area contributed by atoms with Crippen molar-refractivity contribution in [2.24, 2.45) is 0 Å². The average Bonchev–Trinajstić information content (AvgIpc) is 2.71. The molecule has 0 bridgehead atoms. The Kier molecular flexibility index (Phi) is 3.11. The van der Waals surface area contributed by atoms with E-state index in [4.69, 9.17) is 0 Å². The van der Waals surface area contributed by atoms with E-state index in [2.05, 4.69) is 0 Å². The lowest BCUT2D eigenvalue weighted by Gasteiger charge is -2.37. The molecular weight excluding hydrogens is 230 g/mol. The fraction of sp³-hybridized carbons (Fsp3) is 0.429. The Hall–Kier alpha value is -1.84. The number of likely N-dealkylation sites (N-methyl/N-ethyl adjacent to an activating group) is 1. The second-order valence-corrected chi connectivity index (χ2v) is 4.59. The van der Waals surface area contributed by atoms with Crippen LogP contribution in [0.2, 0.25) is 0 Å². The molecule has 1 amide bonds. The molecule has 0 aromatic heterocycles. The molecule has 0 saturated heterocycles. The Morgan fingerprint density at radius 2 is 2.06 bits per heavy atom. The first-order valence-corrected chi connectivity index (χ1v) is 6.14. The van der Waals surface area contributed by atoms with Gasteiger partial charge < -0.3 is 10.0 Å². The quantitative estimate of drug-likeness (QED) is 0.885. The number of amides is 1. The highest BCUT2D eigenvalue weighted by Crippen LogP contribution is 2.42. The third kappa shape index (κ3) is 1.60. The molecule has 0 spiro atoms. The molecule has 4 heteroatoms. The summed E-state index contributed by atoms with van der Waals surface area (Å²) in [6.07, 6.45) is 1.15. The van der Waals surface area contributed by atoms with E-state index in [0.29, 0.717) is 19.4 Å². The number of carboxylic acids is 1. The van der Waals surface area contributed by atoms with E-state index in [9.17, 15) is 14.7 Å². The van der Waals surface area contributed by atoms with E-state index in [1.165, 1.54) is 11.8 Å². The van der Waals surface area contributed by atoms with Crippen LogP contribution in [0.3, 0.4) is 0 Å². The van der Waals surface area contributed by atoms with Crippen molar-refractivity contribution in [2.75, 3.05) is 6.54 Å². The molecule has 0 heterocycles. The van der Waals surface area contributed by atoms with Gasteiger partial charge in [0, 0.05) is 13.5 Å². The molecule has 96 valence electrons. The summed E-state index contributed by atoms with van der Waals surface area (Å²) in [5.74, 6) is -1.14. The van der Waals surface area contributed by atoms with Crippen molar-refractivity contribution in [1.82, 2.24) is 4.90 Å². The molecule has 1 unspecified atom stereocenters. The zero-order valence-corrected chi connectivity index (χ0v) is 10.6. The van der Waals surface area contributed by atoms with Gasteiger partial charge in [-0.05, 0) is 30.9 Å². The van der Waals surface area contributed by atoms with Gasteiger partial charge in [0.25, 0.3) is 0 Å². The highest BCUT2D eigenvalue weighted by atomic mass is 16.4. The molecule has 0 saturated carbocycles. The summed E-state index contributed by atoms with van der Waals surface area (Å²) in [7, 11) is 0. The first kappa shape index (κ1) is 12.6. The number of aryl methyl sites for hydroxylation is 1. The molecule has 1 aromatic carbocycles. The van der Waals surface area contributed by atoms with Gasteiger partial charge in [-0.1, -0.05) is 24.3 Å². The first-order chi connectivity index (χ1) is 8.54. The van der Waals surface area contributed by atoms with E-state index < -0.39 is 11.5 Å². The molecule has 1 aliphatic rings. The molecule has 18 heavy (non-hydrogen) atoms. The number of hydrogen-bond acceptors (Lipinski definition) is 2. The Balaban J connectivity index is 2.61. The Labute approximate surface area is 106 Å². The normalized spacial score (nSPS) is 21.4. The fourth-order valence-electron chi connectivity index (χ4n) is 2.97. The van der Waals surface area contributed by atoms with Gasteiger partial charge in [0.15, 0.2) is 5.54 Å². The van der Waals surface area contributed by atoms with Crippen LogP contribution in [0.15, 0.2) is 24.3 Å². The molecule has 1 atom stereocenters. The van der Waals surface area contributed by atoms with Gasteiger partial charge in [-0.3, -0.25) is 4.79 Å². The van der Waals surface area contributed by atoms with E-state index in [0.717, 1.165) is 11.1 Å². The predicted molar refractivity (Wildman–Crippen MR) is 67.1 cm³/mol. The second-order valence-electron chi connectivity index (χ2n) is 4.59. The number of carboxylic acid groups (broad SMARTS) is 1. The van der Waals surface area contributed by atoms with Crippen molar-refractivity contribution in [1.29, 1.82) is 0 Å². The van der Waals surface area contributed by atoms with Gasteiger partial charge in [0.05, 0.1) is 0 Å². The topological polar surface area (TPSA) is 57.6 Å². The van der Waals surface area contributed by atoms with Crippen LogP contribution in [0.4, 0.5) is 0 Å². The number of rotatable bonds is 3. The van der Waals surface area contributed by atoms with E-state index in [1.54, 1.807) is 0 Å². The molecule has 0 radical (unpaired) electrons. The third-order valence-electron chi connectivity index (χ3n) is 3.73. The zero-order chi connectivity index (χ0) is 13.3. The summed E-state index contributed by atoms with van der Waals surface area (Å²) < 4.78 is 0. The Bertz CT molecular complexity index is 498. The van der Waals surface area contributed by atoms with Gasteiger partial charge in [0.1, 0.15) is 0 Å². The molecule has 1 aromatic rings. The molecular formula is C14H17NO3. The smallest absolute Gasteiger partial charge is 0.334 e. The highest BCUT2D eigenvalue weighted by molar-refractivity contribution is 5.88. The molecule has 0 fully saturated rings. The number of fused-ring (bicyclic) bond motifs is 1. The average molecular weight is 247 g/mol. The Morgan fingerprint density at radius 1 is 1.39 bits per heavy atom. The zero-order valence-electron chi connectivity index (χ0n) is 10.6. The minimum Gasteiger partial charge on any atom is -0.479 e. The van der Waals surface area contributed by atoms with Crippen LogP contribution in [-0.2, 0) is 21.5 Å². The van der Waals surface area contributed by atoms with Gasteiger partial charge in [0.2, 0.25) is 5.91 Å². The number of hydrogen-bond donors (Lipinski definition) is 1. The van der Waals surface area contributed by atoms with E-state index in [-0.39, 0.29) is 5.91 Å². The maximum Gasteiger partial charge on any atom is 0.334 e. The largest absolute Gasteiger partial charge is 0.479 e. The van der Waals surface area contributed by atoms with Crippen LogP contribution < -0.4 is 0 Å². The van der Waals surface area contributed by atoms with Gasteiger partial charge in [-0.2, -0.15) is 0 Å². The van der Waals surface area contributed by atoms with Crippen LogP contribution in [0.25, 0.3) is 0 Å². The van der Waals surface area contributed by atoms with Gasteiger partial charge >= 0.3 is 5.97 Å². The van der Waals surface area contributed by atoms with Crippen molar-refractivity contribution >= 4 is 11.9 Å². The minimum absolute atomic E-state index is 0.198. The number of nitrogens with zero attached hydrogens (tertiary/aromatic N) is 1. The summed E-state index contributed by atoms with van der Waals surface area (Å²) in [5, 5.41) is 9.67. The van der Waals surface area contributed by atoms with Crippen molar-refractivity contribution in [3.63, 3.8) is 0 Å². The van der Waals surface area contributed by atoms with Crippen molar-refractivity contribution in [3.8, 4) is 0 Å². The number of aliphatic carboxylic acids is 1. The van der Waals surface area contributed by atoms with E-state index >= 15 is 0 Å². The Morgan fingerprint density at radius 3 is 2.61 bits per heavy atom. The van der Waals surface area contributed by atoms with E-state index in [1.807, 2.05) is 31.2 Å². The predicted octanol–water partition coefficient (Wildman–Crippen LogP) is 1.78. The molecule has 1 aliphatic carbocycles. The summed E-state index contributed by atoms with van der Waals surface area (Å²) >= 11 is 0. The number of carbonyl (C=O) groups is 2. The fourth-order valence-corrected chi connectivity index (χ4v) is 2.97. The molecule has 1 N–H and O–H groups in total. The summed E-state index contributed by atoms with van der Waals surface area (Å²) in [6.45, 7) is 3.64. The molecule has 4 nitrogen and oxygen atoms in total. The monoisotopic (exact) mass is 247 g/mol. The summed E-state index contributed by atoms with van der Waals surface area (Å²) in [4.78, 5) is 25.0. The maximum atomic E-state index is 11.8. The summed E-state index contributed by atoms with van der Waals surface area (Å²) in [5.41, 5.74) is 0.603. The SMILES string of the molecule is CCN(C(C)=O)C1(C(=O)O)CCc2ccccc21. The first-order valence-electron chi connectivity index (χ1n) is 6.14. The van der Waals surface area contributed by atoms with Gasteiger partial charge in [-0.25, -0.2) is 4.79 Å². The lowest BCUT2D eigenvalue weighted by molar-refractivity contribution is -0.159. The highest BCUT2D eigenvalue weighted by Gasteiger charge is 2.50. The van der Waals surface area contributed by atoms with Crippen molar-refractivity contribution < 1.29 is 14.7 Å². The van der Waals surface area contributed by atoms with Crippen LogP contribution >= 0.6 is 0 Å².